The van der Waals surface area contributed by atoms with Crippen LogP contribution in [-0.4, -0.2) is 29.7 Å². The van der Waals surface area contributed by atoms with Crippen LogP contribution in [0.2, 0.25) is 5.02 Å². The lowest BCUT2D eigenvalue weighted by atomic mass is 9.95. The molecule has 4 rings (SSSR count). The molecule has 2 aliphatic rings. The van der Waals surface area contributed by atoms with Gasteiger partial charge >= 0.3 is 0 Å². The van der Waals surface area contributed by atoms with Crippen molar-refractivity contribution >= 4 is 23.3 Å². The molecule has 0 saturated carbocycles. The van der Waals surface area contributed by atoms with Gasteiger partial charge in [-0.15, -0.1) is 0 Å². The molecule has 0 radical (unpaired) electrons. The highest BCUT2D eigenvalue weighted by atomic mass is 35.5. The lowest BCUT2D eigenvalue weighted by Crippen LogP contribution is -2.29. The SMILES string of the molecule is O=C(C1=C2NCCN2C(=O)c2ccccc2C1)c1ccc(Cl)cc1. The van der Waals surface area contributed by atoms with E-state index in [1.165, 1.54) is 0 Å². The van der Waals surface area contributed by atoms with Crippen LogP contribution in [0.5, 0.6) is 0 Å². The smallest absolute Gasteiger partial charge is 0.259 e. The van der Waals surface area contributed by atoms with Crippen LogP contribution >= 0.6 is 11.6 Å². The fourth-order valence-corrected chi connectivity index (χ4v) is 3.36. The Hall–Kier alpha value is -2.59. The Labute approximate surface area is 144 Å². The van der Waals surface area contributed by atoms with E-state index in [9.17, 15) is 9.59 Å². The Balaban J connectivity index is 1.83. The van der Waals surface area contributed by atoms with Gasteiger partial charge in [-0.3, -0.25) is 14.5 Å². The molecule has 24 heavy (non-hydrogen) atoms. The molecule has 5 heteroatoms. The van der Waals surface area contributed by atoms with Crippen molar-refractivity contribution in [3.63, 3.8) is 0 Å². The van der Waals surface area contributed by atoms with Gasteiger partial charge in [0, 0.05) is 41.2 Å². The van der Waals surface area contributed by atoms with Gasteiger partial charge in [0.2, 0.25) is 0 Å². The van der Waals surface area contributed by atoms with Gasteiger partial charge < -0.3 is 5.32 Å². The van der Waals surface area contributed by atoms with Gasteiger partial charge in [-0.05, 0) is 35.9 Å². The van der Waals surface area contributed by atoms with Gasteiger partial charge in [-0.25, -0.2) is 0 Å². The minimum Gasteiger partial charge on any atom is -0.369 e. The number of amides is 1. The summed E-state index contributed by atoms with van der Waals surface area (Å²) in [5.74, 6) is 0.506. The number of Topliss-reactive ketones (excluding diaryl/α,β-unsaturated/α-hetero) is 1. The van der Waals surface area contributed by atoms with Gasteiger partial charge in [0.25, 0.3) is 5.91 Å². The molecule has 2 aliphatic heterocycles. The summed E-state index contributed by atoms with van der Waals surface area (Å²) in [5, 5.41) is 3.80. The van der Waals surface area contributed by atoms with Crippen LogP contribution in [0.3, 0.4) is 0 Å². The van der Waals surface area contributed by atoms with Crippen LogP contribution in [0.15, 0.2) is 59.9 Å². The fourth-order valence-electron chi connectivity index (χ4n) is 3.23. The molecule has 1 amide bonds. The number of hydrogen-bond donors (Lipinski definition) is 1. The van der Waals surface area contributed by atoms with Gasteiger partial charge in [0.1, 0.15) is 5.82 Å². The molecule has 0 bridgehead atoms. The first kappa shape index (κ1) is 15.0. The van der Waals surface area contributed by atoms with Crippen molar-refractivity contribution in [2.24, 2.45) is 0 Å². The number of carbonyl (C=O) groups excluding carboxylic acids is 2. The molecule has 1 saturated heterocycles. The maximum absolute atomic E-state index is 13.0. The molecule has 0 spiro atoms. The van der Waals surface area contributed by atoms with E-state index in [2.05, 4.69) is 5.32 Å². The molecular formula is C19H15ClN2O2. The van der Waals surface area contributed by atoms with Crippen LogP contribution in [0.25, 0.3) is 0 Å². The lowest BCUT2D eigenvalue weighted by molar-refractivity contribution is 0.0826. The van der Waals surface area contributed by atoms with Gasteiger partial charge in [-0.1, -0.05) is 29.8 Å². The molecule has 0 unspecified atom stereocenters. The summed E-state index contributed by atoms with van der Waals surface area (Å²) in [4.78, 5) is 27.5. The van der Waals surface area contributed by atoms with E-state index in [1.54, 1.807) is 29.2 Å². The maximum atomic E-state index is 13.0. The summed E-state index contributed by atoms with van der Waals surface area (Å²) in [6, 6.07) is 14.3. The van der Waals surface area contributed by atoms with E-state index in [0.29, 0.717) is 47.1 Å². The highest BCUT2D eigenvalue weighted by Crippen LogP contribution is 2.28. The predicted molar refractivity (Wildman–Crippen MR) is 92.0 cm³/mol. The Morgan fingerprint density at radius 3 is 2.62 bits per heavy atom. The zero-order valence-corrected chi connectivity index (χ0v) is 13.6. The van der Waals surface area contributed by atoms with Crippen LogP contribution in [0.1, 0.15) is 26.3 Å². The second kappa shape index (κ2) is 5.80. The Bertz CT molecular complexity index is 871. The number of nitrogens with zero attached hydrogens (tertiary/aromatic N) is 1. The normalized spacial score (nSPS) is 16.4. The number of halogens is 1. The van der Waals surface area contributed by atoms with Crippen molar-refractivity contribution < 1.29 is 9.59 Å². The average molecular weight is 339 g/mol. The Kier molecular flexibility index (Phi) is 3.62. The second-order valence-electron chi connectivity index (χ2n) is 5.88. The first-order valence-electron chi connectivity index (χ1n) is 7.82. The third-order valence-corrected chi connectivity index (χ3v) is 4.68. The maximum Gasteiger partial charge on any atom is 0.259 e. The highest BCUT2D eigenvalue weighted by Gasteiger charge is 2.34. The molecule has 1 N–H and O–H groups in total. The first-order chi connectivity index (χ1) is 11.6. The number of benzene rings is 2. The molecule has 1 fully saturated rings. The summed E-state index contributed by atoms with van der Waals surface area (Å²) in [5.41, 5.74) is 2.73. The van der Waals surface area contributed by atoms with Crippen molar-refractivity contribution in [3.8, 4) is 0 Å². The van der Waals surface area contributed by atoms with E-state index < -0.39 is 0 Å². The summed E-state index contributed by atoms with van der Waals surface area (Å²) in [6.45, 7) is 1.22. The van der Waals surface area contributed by atoms with Crippen molar-refractivity contribution in [2.45, 2.75) is 6.42 Å². The van der Waals surface area contributed by atoms with Crippen molar-refractivity contribution in [1.29, 1.82) is 0 Å². The molecular weight excluding hydrogens is 324 g/mol. The molecule has 2 aromatic rings. The quantitative estimate of drug-likeness (QED) is 0.856. The predicted octanol–water partition coefficient (Wildman–Crippen LogP) is 3.04. The van der Waals surface area contributed by atoms with Crippen molar-refractivity contribution in [1.82, 2.24) is 10.2 Å². The summed E-state index contributed by atoms with van der Waals surface area (Å²) >= 11 is 5.91. The molecule has 0 atom stereocenters. The molecule has 120 valence electrons. The van der Waals surface area contributed by atoms with Crippen LogP contribution < -0.4 is 5.32 Å². The van der Waals surface area contributed by atoms with E-state index >= 15 is 0 Å². The standard InChI is InChI=1S/C19H15ClN2O2/c20-14-7-5-12(6-8-14)17(23)16-11-13-3-1-2-4-15(13)19(24)22-10-9-21-18(16)22/h1-8,21H,9-11H2. The molecule has 0 aliphatic carbocycles. The van der Waals surface area contributed by atoms with Gasteiger partial charge in [-0.2, -0.15) is 0 Å². The second-order valence-corrected chi connectivity index (χ2v) is 6.32. The zero-order chi connectivity index (χ0) is 16.7. The van der Waals surface area contributed by atoms with E-state index in [0.717, 1.165) is 5.56 Å². The van der Waals surface area contributed by atoms with Crippen LogP contribution in [0, 0.1) is 0 Å². The zero-order valence-electron chi connectivity index (χ0n) is 12.9. The number of allylic oxidation sites excluding steroid dienone is 1. The third-order valence-electron chi connectivity index (χ3n) is 4.42. The summed E-state index contributed by atoms with van der Waals surface area (Å²) in [7, 11) is 0. The monoisotopic (exact) mass is 338 g/mol. The molecule has 2 aromatic carbocycles. The van der Waals surface area contributed by atoms with E-state index in [-0.39, 0.29) is 11.7 Å². The number of rotatable bonds is 2. The summed E-state index contributed by atoms with van der Waals surface area (Å²) in [6.07, 6.45) is 0.433. The van der Waals surface area contributed by atoms with Gasteiger partial charge in [0.15, 0.2) is 5.78 Å². The minimum absolute atomic E-state index is 0.0514. The summed E-state index contributed by atoms with van der Waals surface area (Å²) < 4.78 is 0. The van der Waals surface area contributed by atoms with E-state index in [4.69, 9.17) is 11.6 Å². The number of fused-ring (bicyclic) bond motifs is 2. The average Bonchev–Trinajstić information content (AvgIpc) is 3.05. The number of nitrogens with one attached hydrogen (secondary N) is 1. The lowest BCUT2D eigenvalue weighted by Gasteiger charge is -2.17. The van der Waals surface area contributed by atoms with E-state index in [1.807, 2.05) is 24.3 Å². The molecule has 0 aromatic heterocycles. The van der Waals surface area contributed by atoms with Crippen LogP contribution in [0.4, 0.5) is 0 Å². The first-order valence-corrected chi connectivity index (χ1v) is 8.20. The molecule has 2 heterocycles. The third kappa shape index (κ3) is 2.39. The number of hydrogen-bond acceptors (Lipinski definition) is 3. The van der Waals surface area contributed by atoms with Crippen LogP contribution in [-0.2, 0) is 6.42 Å². The Morgan fingerprint density at radius 1 is 1.08 bits per heavy atom. The fraction of sp³-hybridized carbons (Fsp3) is 0.158. The largest absolute Gasteiger partial charge is 0.369 e. The highest BCUT2D eigenvalue weighted by molar-refractivity contribution is 6.30. The minimum atomic E-state index is -0.0782. The topological polar surface area (TPSA) is 49.4 Å². The number of ketones is 1. The Morgan fingerprint density at radius 2 is 1.83 bits per heavy atom. The number of carbonyl (C=O) groups is 2. The van der Waals surface area contributed by atoms with Crippen molar-refractivity contribution in [3.05, 3.63) is 81.6 Å². The molecule has 4 nitrogen and oxygen atoms in total. The van der Waals surface area contributed by atoms with Gasteiger partial charge in [0.05, 0.1) is 0 Å². The van der Waals surface area contributed by atoms with Crippen molar-refractivity contribution in [2.75, 3.05) is 13.1 Å².